The van der Waals surface area contributed by atoms with Crippen molar-refractivity contribution in [1.29, 1.82) is 0 Å². The molecule has 3 aromatic rings. The van der Waals surface area contributed by atoms with Crippen LogP contribution in [-0.4, -0.2) is 32.0 Å². The number of hydrogen-bond acceptors (Lipinski definition) is 3. The van der Waals surface area contributed by atoms with Crippen LogP contribution in [0.15, 0.2) is 48.5 Å². The van der Waals surface area contributed by atoms with Gasteiger partial charge in [-0.1, -0.05) is 18.2 Å². The molecule has 0 unspecified atom stereocenters. The van der Waals surface area contributed by atoms with E-state index < -0.39 is 16.3 Å². The van der Waals surface area contributed by atoms with E-state index in [0.29, 0.717) is 24.2 Å². The van der Waals surface area contributed by atoms with Crippen LogP contribution in [0.3, 0.4) is 0 Å². The minimum absolute atomic E-state index is 0.0435. The van der Waals surface area contributed by atoms with E-state index in [1.54, 1.807) is 30.3 Å². The molecular weight excluding hydrogens is 379 g/mol. The van der Waals surface area contributed by atoms with E-state index in [0.717, 1.165) is 16.6 Å². The number of rotatable bonds is 3. The summed E-state index contributed by atoms with van der Waals surface area (Å²) < 4.78 is 62.8. The van der Waals surface area contributed by atoms with Crippen LogP contribution in [0.25, 0.3) is 22.2 Å². The predicted molar refractivity (Wildman–Crippen MR) is 99.2 cm³/mol. The second kappa shape index (κ2) is 6.19. The fraction of sp³-hybridized carbons (Fsp3) is 0.222. The Morgan fingerprint density at radius 1 is 1.04 bits per heavy atom. The summed E-state index contributed by atoms with van der Waals surface area (Å²) in [5.41, 5.74) is 2.70. The number of alkyl halides is 3. The fourth-order valence-electron chi connectivity index (χ4n) is 3.26. The fourth-order valence-corrected chi connectivity index (χ4v) is 4.83. The highest BCUT2D eigenvalue weighted by Gasteiger charge is 2.28. The van der Waals surface area contributed by atoms with Gasteiger partial charge in [0.1, 0.15) is 0 Å². The van der Waals surface area contributed by atoms with Crippen molar-refractivity contribution < 1.29 is 21.6 Å². The van der Waals surface area contributed by atoms with Crippen molar-refractivity contribution in [2.75, 3.05) is 21.9 Å². The molecule has 0 spiro atoms. The summed E-state index contributed by atoms with van der Waals surface area (Å²) in [6.45, 7) is 0.475. The number of aromatic nitrogens is 1. The van der Waals surface area contributed by atoms with E-state index in [4.69, 9.17) is 0 Å². The van der Waals surface area contributed by atoms with Gasteiger partial charge in [0, 0.05) is 28.8 Å². The van der Waals surface area contributed by atoms with Gasteiger partial charge in [-0.25, -0.2) is 8.42 Å². The van der Waals surface area contributed by atoms with Gasteiger partial charge in [0.15, 0.2) is 0 Å². The molecule has 9 heteroatoms. The van der Waals surface area contributed by atoms with Crippen molar-refractivity contribution in [2.45, 2.75) is 12.7 Å². The molecule has 1 aliphatic rings. The summed E-state index contributed by atoms with van der Waals surface area (Å²) in [6, 6.07) is 13.3. The summed E-state index contributed by atoms with van der Waals surface area (Å²) in [5.74, 6) is 0.158. The van der Waals surface area contributed by atoms with E-state index in [2.05, 4.69) is 4.98 Å². The highest BCUT2D eigenvalue weighted by atomic mass is 32.2. The Morgan fingerprint density at radius 2 is 1.78 bits per heavy atom. The first-order chi connectivity index (χ1) is 12.7. The molecule has 0 bridgehead atoms. The number of nitrogens with one attached hydrogen (secondary N) is 2. The first-order valence-electron chi connectivity index (χ1n) is 8.30. The average molecular weight is 395 g/mol. The van der Waals surface area contributed by atoms with Gasteiger partial charge < -0.3 is 4.98 Å². The molecule has 2 N–H and O–H groups in total. The zero-order valence-corrected chi connectivity index (χ0v) is 14.9. The molecule has 0 radical (unpaired) electrons. The van der Waals surface area contributed by atoms with Gasteiger partial charge in [-0.05, 0) is 42.3 Å². The summed E-state index contributed by atoms with van der Waals surface area (Å²) >= 11 is 0. The van der Waals surface area contributed by atoms with E-state index in [9.17, 15) is 21.6 Å². The largest absolute Gasteiger partial charge is 0.482 e. The van der Waals surface area contributed by atoms with Crippen molar-refractivity contribution in [3.8, 4) is 11.3 Å². The van der Waals surface area contributed by atoms with Gasteiger partial charge in [-0.3, -0.25) is 9.62 Å². The molecule has 142 valence electrons. The van der Waals surface area contributed by atoms with Crippen molar-refractivity contribution in [1.82, 2.24) is 4.98 Å². The molecule has 1 fully saturated rings. The number of anilines is 2. The van der Waals surface area contributed by atoms with Crippen LogP contribution in [0, 0.1) is 0 Å². The number of nitrogens with zero attached hydrogens (tertiary/aromatic N) is 1. The molecule has 2 aromatic carbocycles. The molecule has 0 aliphatic carbocycles. The van der Waals surface area contributed by atoms with E-state index >= 15 is 0 Å². The van der Waals surface area contributed by atoms with Crippen molar-refractivity contribution in [2.24, 2.45) is 0 Å². The van der Waals surface area contributed by atoms with Gasteiger partial charge in [0.05, 0.1) is 11.4 Å². The number of fused-ring (bicyclic) bond motifs is 1. The summed E-state index contributed by atoms with van der Waals surface area (Å²) in [6.07, 6.45) is -3.88. The highest BCUT2D eigenvalue weighted by molar-refractivity contribution is 7.93. The zero-order chi connectivity index (χ0) is 19.2. The number of sulfonamides is 1. The Balaban J connectivity index is 1.62. The third-order valence-corrected chi connectivity index (χ3v) is 6.34. The van der Waals surface area contributed by atoms with Gasteiger partial charge in [-0.15, -0.1) is 0 Å². The summed E-state index contributed by atoms with van der Waals surface area (Å²) in [5, 5.41) is 2.27. The molecular formula is C18H16F3N3O2S. The molecule has 0 atom stereocenters. The molecule has 5 nitrogen and oxygen atoms in total. The normalized spacial score (nSPS) is 16.8. The monoisotopic (exact) mass is 395 g/mol. The van der Waals surface area contributed by atoms with Crippen LogP contribution < -0.4 is 9.62 Å². The smallest absolute Gasteiger partial charge is 0.354 e. The number of aromatic amines is 1. The molecule has 27 heavy (non-hydrogen) atoms. The summed E-state index contributed by atoms with van der Waals surface area (Å²) in [4.78, 5) is 3.10. The molecule has 0 amide bonds. The zero-order valence-electron chi connectivity index (χ0n) is 14.0. The molecule has 4 rings (SSSR count). The summed E-state index contributed by atoms with van der Waals surface area (Å²) in [7, 11) is -3.23. The molecule has 1 saturated heterocycles. The SMILES string of the molecule is O=S1(=O)CCCN1c1ccc(-c2cc3ccc(NC(F)(F)F)cc3[nH]2)cc1. The first kappa shape index (κ1) is 17.7. The maximum atomic E-state index is 12.5. The van der Waals surface area contributed by atoms with Crippen LogP contribution in [0.5, 0.6) is 0 Å². The maximum absolute atomic E-state index is 12.5. The molecule has 0 saturated carbocycles. The lowest BCUT2D eigenvalue weighted by Gasteiger charge is -2.16. The van der Waals surface area contributed by atoms with Gasteiger partial charge in [-0.2, -0.15) is 13.2 Å². The molecule has 1 aromatic heterocycles. The van der Waals surface area contributed by atoms with E-state index in [1.165, 1.54) is 21.8 Å². The van der Waals surface area contributed by atoms with Crippen LogP contribution in [0.4, 0.5) is 24.5 Å². The number of benzene rings is 2. The van der Waals surface area contributed by atoms with Crippen molar-refractivity contribution >= 4 is 32.3 Å². The van der Waals surface area contributed by atoms with Crippen LogP contribution in [-0.2, 0) is 10.0 Å². The van der Waals surface area contributed by atoms with Crippen molar-refractivity contribution in [3.05, 3.63) is 48.5 Å². The average Bonchev–Trinajstić information content (AvgIpc) is 3.15. The highest BCUT2D eigenvalue weighted by Crippen LogP contribution is 2.30. The Kier molecular flexibility index (Phi) is 4.06. The number of hydrogen-bond donors (Lipinski definition) is 2. The number of H-pyrrole nitrogens is 1. The lowest BCUT2D eigenvalue weighted by Crippen LogP contribution is -2.24. The maximum Gasteiger partial charge on any atom is 0.482 e. The lowest BCUT2D eigenvalue weighted by molar-refractivity contribution is -0.0999. The Labute approximate surface area is 153 Å². The minimum Gasteiger partial charge on any atom is -0.354 e. The third-order valence-electron chi connectivity index (χ3n) is 4.47. The van der Waals surface area contributed by atoms with E-state index in [-0.39, 0.29) is 11.4 Å². The van der Waals surface area contributed by atoms with Gasteiger partial charge in [0.2, 0.25) is 10.0 Å². The van der Waals surface area contributed by atoms with Gasteiger partial charge in [0.25, 0.3) is 0 Å². The first-order valence-corrected chi connectivity index (χ1v) is 9.91. The second-order valence-electron chi connectivity index (χ2n) is 6.40. The van der Waals surface area contributed by atoms with Crippen LogP contribution >= 0.6 is 0 Å². The second-order valence-corrected chi connectivity index (χ2v) is 8.41. The predicted octanol–water partition coefficient (Wildman–Crippen LogP) is 4.31. The van der Waals surface area contributed by atoms with Crippen molar-refractivity contribution in [3.63, 3.8) is 0 Å². The van der Waals surface area contributed by atoms with Crippen LogP contribution in [0.1, 0.15) is 6.42 Å². The standard InChI is InChI=1S/C18H16F3N3O2S/c19-18(20,21)23-14-5-2-13-10-16(22-17(13)11-14)12-3-6-15(7-4-12)24-8-1-9-27(24,25)26/h2-7,10-11,22-23H,1,8-9H2. The molecule has 2 heterocycles. The topological polar surface area (TPSA) is 65.2 Å². The van der Waals surface area contributed by atoms with Gasteiger partial charge >= 0.3 is 6.30 Å². The Hall–Kier alpha value is -2.68. The quantitative estimate of drug-likeness (QED) is 0.650. The van der Waals surface area contributed by atoms with Crippen LogP contribution in [0.2, 0.25) is 0 Å². The molecule has 1 aliphatic heterocycles. The third kappa shape index (κ3) is 3.59. The Bertz CT molecular complexity index is 1090. The number of halogens is 3. The Morgan fingerprint density at radius 3 is 2.41 bits per heavy atom. The van der Waals surface area contributed by atoms with E-state index in [1.807, 2.05) is 6.07 Å². The minimum atomic E-state index is -4.49. The lowest BCUT2D eigenvalue weighted by atomic mass is 10.1.